The number of ether oxygens (including phenoxy) is 1. The maximum atomic E-state index is 12.7. The molecule has 2 saturated carbocycles. The summed E-state index contributed by atoms with van der Waals surface area (Å²) in [5, 5.41) is 7.35. The molecule has 0 unspecified atom stereocenters. The lowest BCUT2D eigenvalue weighted by atomic mass is 9.60. The molecule has 0 saturated heterocycles. The maximum absolute atomic E-state index is 12.7. The molecule has 2 aliphatic carbocycles. The average Bonchev–Trinajstić information content (AvgIpc) is 3.33. The smallest absolute Gasteiger partial charge is 0.251 e. The predicted octanol–water partition coefficient (Wildman–Crippen LogP) is 2.73. The minimum absolute atomic E-state index is 0.00337. The lowest BCUT2D eigenvalue weighted by Gasteiger charge is -2.54. The number of benzene rings is 1. The Morgan fingerprint density at radius 1 is 1.32 bits per heavy atom. The summed E-state index contributed by atoms with van der Waals surface area (Å²) in [5.74, 6) is -0.00337. The van der Waals surface area contributed by atoms with E-state index in [0.29, 0.717) is 11.7 Å². The highest BCUT2D eigenvalue weighted by Crippen LogP contribution is 2.54. The monoisotopic (exact) mass is 340 g/mol. The number of amides is 1. The van der Waals surface area contributed by atoms with Crippen LogP contribution in [-0.4, -0.2) is 39.4 Å². The van der Waals surface area contributed by atoms with E-state index in [1.807, 2.05) is 31.2 Å². The van der Waals surface area contributed by atoms with Crippen LogP contribution in [0.25, 0.3) is 5.69 Å². The molecule has 0 aliphatic heterocycles. The number of aromatic nitrogens is 3. The van der Waals surface area contributed by atoms with Gasteiger partial charge in [-0.2, -0.15) is 5.10 Å². The van der Waals surface area contributed by atoms with Crippen LogP contribution in [0.3, 0.4) is 0 Å². The highest BCUT2D eigenvalue weighted by molar-refractivity contribution is 5.94. The number of hydrogen-bond acceptors (Lipinski definition) is 4. The van der Waals surface area contributed by atoms with Gasteiger partial charge in [-0.05, 0) is 50.5 Å². The van der Waals surface area contributed by atoms with Crippen molar-refractivity contribution in [1.82, 2.24) is 20.1 Å². The van der Waals surface area contributed by atoms with Crippen molar-refractivity contribution in [2.75, 3.05) is 6.61 Å². The highest BCUT2D eigenvalue weighted by atomic mass is 16.5. The van der Waals surface area contributed by atoms with Crippen LogP contribution in [0, 0.1) is 5.41 Å². The van der Waals surface area contributed by atoms with Gasteiger partial charge < -0.3 is 10.1 Å². The summed E-state index contributed by atoms with van der Waals surface area (Å²) in [4.78, 5) is 16.6. The fourth-order valence-corrected chi connectivity index (χ4v) is 4.44. The van der Waals surface area contributed by atoms with Gasteiger partial charge >= 0.3 is 0 Å². The lowest BCUT2D eigenvalue weighted by Crippen LogP contribution is -2.63. The van der Waals surface area contributed by atoms with Gasteiger partial charge in [0.05, 0.1) is 11.8 Å². The summed E-state index contributed by atoms with van der Waals surface area (Å²) in [6.07, 6.45) is 9.16. The Hall–Kier alpha value is -2.21. The van der Waals surface area contributed by atoms with Crippen LogP contribution in [0.4, 0.5) is 0 Å². The third-order valence-corrected chi connectivity index (χ3v) is 5.81. The number of rotatable bonds is 5. The maximum Gasteiger partial charge on any atom is 0.251 e. The van der Waals surface area contributed by atoms with E-state index in [0.717, 1.165) is 31.6 Å². The van der Waals surface area contributed by atoms with Gasteiger partial charge in [-0.25, -0.2) is 9.67 Å². The van der Waals surface area contributed by atoms with Crippen molar-refractivity contribution < 1.29 is 9.53 Å². The van der Waals surface area contributed by atoms with E-state index >= 15 is 0 Å². The minimum Gasteiger partial charge on any atom is -0.378 e. The van der Waals surface area contributed by atoms with Crippen LogP contribution in [-0.2, 0) is 4.74 Å². The molecular weight excluding hydrogens is 316 g/mol. The summed E-state index contributed by atoms with van der Waals surface area (Å²) < 4.78 is 7.60. The fourth-order valence-electron chi connectivity index (χ4n) is 4.44. The van der Waals surface area contributed by atoms with E-state index in [9.17, 15) is 4.79 Å². The Morgan fingerprint density at radius 2 is 2.08 bits per heavy atom. The van der Waals surface area contributed by atoms with E-state index in [-0.39, 0.29) is 17.4 Å². The molecule has 1 amide bonds. The van der Waals surface area contributed by atoms with Gasteiger partial charge in [0.25, 0.3) is 5.91 Å². The lowest BCUT2D eigenvalue weighted by molar-refractivity contribution is -0.127. The topological polar surface area (TPSA) is 69.0 Å². The van der Waals surface area contributed by atoms with Crippen molar-refractivity contribution in [2.45, 2.75) is 51.2 Å². The van der Waals surface area contributed by atoms with Gasteiger partial charge in [-0.1, -0.05) is 12.8 Å². The molecule has 2 aromatic rings. The van der Waals surface area contributed by atoms with E-state index in [1.165, 1.54) is 19.2 Å². The van der Waals surface area contributed by atoms with Gasteiger partial charge in [0.1, 0.15) is 12.7 Å². The first-order valence-corrected chi connectivity index (χ1v) is 9.10. The number of carbonyl (C=O) groups is 1. The van der Waals surface area contributed by atoms with Crippen LogP contribution in [0.2, 0.25) is 0 Å². The van der Waals surface area contributed by atoms with Crippen molar-refractivity contribution in [2.24, 2.45) is 5.41 Å². The van der Waals surface area contributed by atoms with Crippen LogP contribution >= 0.6 is 0 Å². The zero-order chi connectivity index (χ0) is 17.3. The van der Waals surface area contributed by atoms with E-state index in [1.54, 1.807) is 11.0 Å². The second kappa shape index (κ2) is 6.59. The predicted molar refractivity (Wildman–Crippen MR) is 93.5 cm³/mol. The van der Waals surface area contributed by atoms with Crippen LogP contribution in [0.1, 0.15) is 49.4 Å². The summed E-state index contributed by atoms with van der Waals surface area (Å²) in [5.41, 5.74) is 1.73. The molecule has 0 radical (unpaired) electrons. The molecule has 0 bridgehead atoms. The van der Waals surface area contributed by atoms with Crippen molar-refractivity contribution in [3.8, 4) is 5.69 Å². The summed E-state index contributed by atoms with van der Waals surface area (Å²) in [6, 6.07) is 7.69. The second-order valence-corrected chi connectivity index (χ2v) is 7.03. The van der Waals surface area contributed by atoms with Crippen molar-refractivity contribution >= 4 is 5.91 Å². The number of hydrogen-bond donors (Lipinski definition) is 1. The first-order chi connectivity index (χ1) is 12.2. The number of nitrogens with one attached hydrogen (secondary N) is 1. The van der Waals surface area contributed by atoms with Crippen LogP contribution in [0.15, 0.2) is 36.9 Å². The van der Waals surface area contributed by atoms with E-state index < -0.39 is 0 Å². The molecule has 2 aliphatic rings. The molecule has 25 heavy (non-hydrogen) atoms. The SMILES string of the molecule is CCO[C@@H]1C[C@@H](NC(=O)c2ccc(-n3cncn3)cc2)C12CCCC2. The van der Waals surface area contributed by atoms with Crippen molar-refractivity contribution in [3.63, 3.8) is 0 Å². The van der Waals surface area contributed by atoms with Gasteiger partial charge in [-0.3, -0.25) is 4.79 Å². The third kappa shape index (κ3) is 2.84. The molecule has 1 heterocycles. The molecular formula is C19H24N4O2. The third-order valence-electron chi connectivity index (χ3n) is 5.81. The minimum atomic E-state index is -0.00337. The van der Waals surface area contributed by atoms with E-state index in [4.69, 9.17) is 4.74 Å². The van der Waals surface area contributed by atoms with Crippen LogP contribution in [0.5, 0.6) is 0 Å². The molecule has 2 fully saturated rings. The standard InChI is InChI=1S/C19H24N4O2/c1-2-25-17-11-16(19(17)9-3-4-10-19)22-18(24)14-5-7-15(8-6-14)23-13-20-12-21-23/h5-8,12-13,16-17H,2-4,9-11H2,1H3,(H,22,24)/t16-,17-/m1/s1. The number of carbonyl (C=O) groups excluding carboxylic acids is 1. The molecule has 1 spiro atoms. The molecule has 1 aromatic heterocycles. The Balaban J connectivity index is 1.43. The highest BCUT2D eigenvalue weighted by Gasteiger charge is 2.57. The Morgan fingerprint density at radius 3 is 2.72 bits per heavy atom. The second-order valence-electron chi connectivity index (χ2n) is 7.03. The Kier molecular flexibility index (Phi) is 4.29. The zero-order valence-electron chi connectivity index (χ0n) is 14.5. The first kappa shape index (κ1) is 16.3. The molecule has 4 rings (SSSR count). The summed E-state index contributed by atoms with van der Waals surface area (Å²) >= 11 is 0. The Labute approximate surface area is 147 Å². The van der Waals surface area contributed by atoms with Gasteiger partial charge in [0, 0.05) is 23.6 Å². The molecule has 132 valence electrons. The van der Waals surface area contributed by atoms with Crippen molar-refractivity contribution in [3.05, 3.63) is 42.5 Å². The normalized spacial score (nSPS) is 24.2. The largest absolute Gasteiger partial charge is 0.378 e. The fraction of sp³-hybridized carbons (Fsp3) is 0.526. The Bertz CT molecular complexity index is 720. The van der Waals surface area contributed by atoms with Crippen LogP contribution < -0.4 is 5.32 Å². The van der Waals surface area contributed by atoms with Gasteiger partial charge in [-0.15, -0.1) is 0 Å². The summed E-state index contributed by atoms with van der Waals surface area (Å²) in [7, 11) is 0. The van der Waals surface area contributed by atoms with E-state index in [2.05, 4.69) is 15.4 Å². The molecule has 6 nitrogen and oxygen atoms in total. The van der Waals surface area contributed by atoms with Crippen molar-refractivity contribution in [1.29, 1.82) is 0 Å². The quantitative estimate of drug-likeness (QED) is 0.909. The van der Waals surface area contributed by atoms with Gasteiger partial charge in [0.15, 0.2) is 0 Å². The molecule has 1 aromatic carbocycles. The zero-order valence-corrected chi connectivity index (χ0v) is 14.5. The summed E-state index contributed by atoms with van der Waals surface area (Å²) in [6.45, 7) is 2.79. The number of nitrogens with zero attached hydrogens (tertiary/aromatic N) is 3. The first-order valence-electron chi connectivity index (χ1n) is 9.10. The van der Waals surface area contributed by atoms with Gasteiger partial charge in [0.2, 0.25) is 0 Å². The average molecular weight is 340 g/mol. The molecule has 6 heteroatoms. The molecule has 2 atom stereocenters. The molecule has 1 N–H and O–H groups in total.